The maximum atomic E-state index is 5.28. The van der Waals surface area contributed by atoms with E-state index < -0.39 is 0 Å². The van der Waals surface area contributed by atoms with Gasteiger partial charge in [-0.2, -0.15) is 0 Å². The molecule has 80 valence electrons. The van der Waals surface area contributed by atoms with Crippen LogP contribution in [0.2, 0.25) is 0 Å². The Hall–Kier alpha value is -0.480. The summed E-state index contributed by atoms with van der Waals surface area (Å²) in [5, 5.41) is 0. The molecule has 0 radical (unpaired) electrons. The minimum atomic E-state index is 0.850. The zero-order valence-corrected chi connectivity index (χ0v) is 9.63. The highest BCUT2D eigenvalue weighted by atomic mass is 15.1. The van der Waals surface area contributed by atoms with Crippen molar-refractivity contribution in [3.63, 3.8) is 0 Å². The van der Waals surface area contributed by atoms with Gasteiger partial charge in [-0.3, -0.25) is 0 Å². The van der Waals surface area contributed by atoms with E-state index in [1.165, 1.54) is 32.4 Å². The molecule has 0 aromatic carbocycles. The molecule has 1 saturated heterocycles. The molecule has 0 aliphatic carbocycles. The summed E-state index contributed by atoms with van der Waals surface area (Å²) < 4.78 is 0. The maximum absolute atomic E-state index is 5.28. The van der Waals surface area contributed by atoms with Crippen LogP contribution in [0.4, 0.5) is 0 Å². The zero-order valence-electron chi connectivity index (χ0n) is 9.63. The van der Waals surface area contributed by atoms with Crippen LogP contribution >= 0.6 is 0 Å². The Morgan fingerprint density at radius 3 is 2.79 bits per heavy atom. The second-order valence-corrected chi connectivity index (χ2v) is 4.73. The number of hydrogen-bond donors (Lipinski definition) is 0. The number of rotatable bonds is 3. The molecule has 1 unspecified atom stereocenters. The summed E-state index contributed by atoms with van der Waals surface area (Å²) in [6.45, 7) is 8.31. The molecule has 0 aromatic rings. The molecule has 0 spiro atoms. The van der Waals surface area contributed by atoms with Crippen molar-refractivity contribution >= 4 is 0 Å². The van der Waals surface area contributed by atoms with Gasteiger partial charge in [0.2, 0.25) is 0 Å². The minimum Gasteiger partial charge on any atom is -0.302 e. The maximum Gasteiger partial charge on any atom is 0.0214 e. The van der Waals surface area contributed by atoms with Gasteiger partial charge in [-0.05, 0) is 44.2 Å². The number of hydrogen-bond acceptors (Lipinski definition) is 1. The van der Waals surface area contributed by atoms with E-state index >= 15 is 0 Å². The van der Waals surface area contributed by atoms with Crippen molar-refractivity contribution in [1.29, 1.82) is 0 Å². The van der Waals surface area contributed by atoms with Gasteiger partial charge < -0.3 is 4.90 Å². The fraction of sp³-hybridized carbons (Fsp3) is 0.846. The largest absolute Gasteiger partial charge is 0.302 e. The smallest absolute Gasteiger partial charge is 0.0214 e. The predicted molar refractivity (Wildman–Crippen MR) is 62.1 cm³/mol. The van der Waals surface area contributed by atoms with E-state index in [-0.39, 0.29) is 0 Å². The van der Waals surface area contributed by atoms with Crippen molar-refractivity contribution in [3.8, 4) is 12.3 Å². The third-order valence-corrected chi connectivity index (χ3v) is 3.38. The lowest BCUT2D eigenvalue weighted by Gasteiger charge is -2.20. The van der Waals surface area contributed by atoms with E-state index in [0.717, 1.165) is 24.8 Å². The van der Waals surface area contributed by atoms with Crippen molar-refractivity contribution in [3.05, 3.63) is 0 Å². The molecule has 1 heterocycles. The highest BCUT2D eigenvalue weighted by Crippen LogP contribution is 2.24. The van der Waals surface area contributed by atoms with Crippen molar-refractivity contribution in [2.45, 2.75) is 39.5 Å². The Morgan fingerprint density at radius 2 is 2.14 bits per heavy atom. The van der Waals surface area contributed by atoms with E-state index in [1.54, 1.807) is 0 Å². The lowest BCUT2D eigenvalue weighted by molar-refractivity contribution is 0.278. The predicted octanol–water partition coefficient (Wildman–Crippen LogP) is 2.77. The summed E-state index contributed by atoms with van der Waals surface area (Å²) in [7, 11) is 0. The highest BCUT2D eigenvalue weighted by Gasteiger charge is 2.18. The molecule has 0 N–H and O–H groups in total. The molecule has 0 aromatic heterocycles. The number of likely N-dealkylation sites (tertiary alicyclic amines) is 1. The summed E-state index contributed by atoms with van der Waals surface area (Å²) in [5.74, 6) is 4.51. The first-order valence-electron chi connectivity index (χ1n) is 5.90. The van der Waals surface area contributed by atoms with Gasteiger partial charge in [0.25, 0.3) is 0 Å². The molecule has 1 rings (SSSR count). The van der Waals surface area contributed by atoms with E-state index in [2.05, 4.69) is 24.7 Å². The SMILES string of the molecule is C#CCCN1CCCC(C(C)C)CC1. The standard InChI is InChI=1S/C13H23N/c1-4-5-9-14-10-6-7-13(8-11-14)12(2)3/h1,12-13H,5-11H2,2-3H3. The normalized spacial score (nSPS) is 24.6. The van der Waals surface area contributed by atoms with Crippen LogP contribution in [-0.4, -0.2) is 24.5 Å². The average molecular weight is 193 g/mol. The van der Waals surface area contributed by atoms with Crippen LogP contribution in [0.3, 0.4) is 0 Å². The van der Waals surface area contributed by atoms with Crippen molar-refractivity contribution < 1.29 is 0 Å². The van der Waals surface area contributed by atoms with Crippen LogP contribution in [0.1, 0.15) is 39.5 Å². The van der Waals surface area contributed by atoms with Crippen LogP contribution in [0.5, 0.6) is 0 Å². The van der Waals surface area contributed by atoms with Crippen molar-refractivity contribution in [2.24, 2.45) is 11.8 Å². The molecule has 1 atom stereocenters. The number of terminal acetylenes is 1. The molecule has 14 heavy (non-hydrogen) atoms. The molecule has 0 amide bonds. The Labute approximate surface area is 88.9 Å². The van der Waals surface area contributed by atoms with Gasteiger partial charge in [0.15, 0.2) is 0 Å². The molecule has 1 aliphatic rings. The van der Waals surface area contributed by atoms with E-state index in [9.17, 15) is 0 Å². The fourth-order valence-corrected chi connectivity index (χ4v) is 2.29. The van der Waals surface area contributed by atoms with Crippen molar-refractivity contribution in [2.75, 3.05) is 19.6 Å². The third kappa shape index (κ3) is 3.72. The zero-order chi connectivity index (χ0) is 10.4. The molecular formula is C13H23N. The second-order valence-electron chi connectivity index (χ2n) is 4.73. The third-order valence-electron chi connectivity index (χ3n) is 3.38. The Morgan fingerprint density at radius 1 is 1.36 bits per heavy atom. The van der Waals surface area contributed by atoms with Crippen LogP contribution in [0, 0.1) is 24.2 Å². The highest BCUT2D eigenvalue weighted by molar-refractivity contribution is 4.85. The monoisotopic (exact) mass is 193 g/mol. The van der Waals surface area contributed by atoms with Gasteiger partial charge in [-0.1, -0.05) is 13.8 Å². The second kappa shape index (κ2) is 6.09. The van der Waals surface area contributed by atoms with Crippen LogP contribution in [0.15, 0.2) is 0 Å². The molecule has 0 bridgehead atoms. The summed E-state index contributed by atoms with van der Waals surface area (Å²) >= 11 is 0. The van der Waals surface area contributed by atoms with Crippen molar-refractivity contribution in [1.82, 2.24) is 4.90 Å². The average Bonchev–Trinajstić information content (AvgIpc) is 2.39. The van der Waals surface area contributed by atoms with E-state index in [0.29, 0.717) is 0 Å². The molecule has 1 fully saturated rings. The minimum absolute atomic E-state index is 0.850. The molecule has 1 heteroatoms. The molecule has 1 nitrogen and oxygen atoms in total. The van der Waals surface area contributed by atoms with Gasteiger partial charge in [0.05, 0.1) is 0 Å². The summed E-state index contributed by atoms with van der Waals surface area (Å²) in [6.07, 6.45) is 10.3. The molecular weight excluding hydrogens is 170 g/mol. The molecule has 0 saturated carbocycles. The van der Waals surface area contributed by atoms with Gasteiger partial charge in [0, 0.05) is 13.0 Å². The lowest BCUT2D eigenvalue weighted by Crippen LogP contribution is -2.26. The summed E-state index contributed by atoms with van der Waals surface area (Å²) in [4.78, 5) is 2.53. The number of nitrogens with zero attached hydrogens (tertiary/aromatic N) is 1. The first-order chi connectivity index (χ1) is 6.74. The van der Waals surface area contributed by atoms with Gasteiger partial charge >= 0.3 is 0 Å². The van der Waals surface area contributed by atoms with Gasteiger partial charge in [0.1, 0.15) is 0 Å². The van der Waals surface area contributed by atoms with Crippen LogP contribution in [0.25, 0.3) is 0 Å². The lowest BCUT2D eigenvalue weighted by atomic mass is 9.89. The Kier molecular flexibility index (Phi) is 5.04. The topological polar surface area (TPSA) is 3.24 Å². The molecule has 1 aliphatic heterocycles. The van der Waals surface area contributed by atoms with E-state index in [1.807, 2.05) is 0 Å². The Bertz CT molecular complexity index is 190. The van der Waals surface area contributed by atoms with Gasteiger partial charge in [-0.15, -0.1) is 12.3 Å². The van der Waals surface area contributed by atoms with Crippen LogP contribution in [-0.2, 0) is 0 Å². The first kappa shape index (κ1) is 11.6. The summed E-state index contributed by atoms with van der Waals surface area (Å²) in [5.41, 5.74) is 0. The summed E-state index contributed by atoms with van der Waals surface area (Å²) in [6, 6.07) is 0. The van der Waals surface area contributed by atoms with Crippen LogP contribution < -0.4 is 0 Å². The fourth-order valence-electron chi connectivity index (χ4n) is 2.29. The Balaban J connectivity index is 2.30. The quantitative estimate of drug-likeness (QED) is 0.623. The van der Waals surface area contributed by atoms with E-state index in [4.69, 9.17) is 6.42 Å². The first-order valence-corrected chi connectivity index (χ1v) is 5.90. The van der Waals surface area contributed by atoms with Gasteiger partial charge in [-0.25, -0.2) is 0 Å².